The summed E-state index contributed by atoms with van der Waals surface area (Å²) in [5, 5.41) is 14.0. The van der Waals surface area contributed by atoms with Crippen molar-refractivity contribution in [1.29, 1.82) is 0 Å². The van der Waals surface area contributed by atoms with Crippen LogP contribution in [0.3, 0.4) is 0 Å². The normalized spacial score (nSPS) is 10.7. The van der Waals surface area contributed by atoms with E-state index in [1.807, 2.05) is 30.3 Å². The number of aromatic nitrogens is 1. The van der Waals surface area contributed by atoms with Crippen LogP contribution in [0.2, 0.25) is 0 Å². The van der Waals surface area contributed by atoms with E-state index >= 15 is 0 Å². The number of hydrogen-bond donors (Lipinski definition) is 3. The highest BCUT2D eigenvalue weighted by atomic mass is 16.5. The van der Waals surface area contributed by atoms with Crippen molar-refractivity contribution in [2.75, 3.05) is 43.2 Å². The Balaban J connectivity index is 2.29. The van der Waals surface area contributed by atoms with Crippen LogP contribution in [0, 0.1) is 0 Å². The second kappa shape index (κ2) is 9.94. The fraction of sp³-hybridized carbons (Fsp3) is 0.294. The summed E-state index contributed by atoms with van der Waals surface area (Å²) < 4.78 is 9.88. The molecule has 138 valence electrons. The summed E-state index contributed by atoms with van der Waals surface area (Å²) in [5.74, 6) is 0.574. The van der Waals surface area contributed by atoms with Crippen LogP contribution in [-0.2, 0) is 9.47 Å². The number of nitrogens with one attached hydrogen (secondary N) is 2. The number of nitrogens with two attached hydrogens (primary N) is 1. The van der Waals surface area contributed by atoms with Crippen LogP contribution in [0.1, 0.15) is 6.92 Å². The predicted octanol–water partition coefficient (Wildman–Crippen LogP) is 3.71. The fourth-order valence-electron chi connectivity index (χ4n) is 1.98. The summed E-state index contributed by atoms with van der Waals surface area (Å²) in [6.45, 7) is 2.96. The Labute approximate surface area is 151 Å². The minimum Gasteiger partial charge on any atom is -0.450 e. The largest absolute Gasteiger partial charge is 0.450 e. The maximum Gasteiger partial charge on any atom is 0.411 e. The highest BCUT2D eigenvalue weighted by Crippen LogP contribution is 2.31. The lowest BCUT2D eigenvalue weighted by atomic mass is 10.3. The van der Waals surface area contributed by atoms with E-state index < -0.39 is 6.09 Å². The molecule has 9 heteroatoms. The lowest BCUT2D eigenvalue weighted by Gasteiger charge is -2.12. The number of benzene rings is 1. The lowest BCUT2D eigenvalue weighted by molar-refractivity contribution is 0.168. The van der Waals surface area contributed by atoms with Gasteiger partial charge in [-0.15, -0.1) is 5.11 Å². The maximum atomic E-state index is 11.6. The van der Waals surface area contributed by atoms with Gasteiger partial charge in [-0.1, -0.05) is 18.2 Å². The Morgan fingerprint density at radius 3 is 2.73 bits per heavy atom. The number of carbonyl (C=O) groups is 1. The number of hydrogen-bond acceptors (Lipinski definition) is 8. The number of azo groups is 1. The third-order valence-electron chi connectivity index (χ3n) is 3.17. The van der Waals surface area contributed by atoms with Gasteiger partial charge in [-0.2, -0.15) is 5.11 Å². The van der Waals surface area contributed by atoms with Crippen molar-refractivity contribution in [2.24, 2.45) is 10.2 Å². The third kappa shape index (κ3) is 5.71. The molecule has 1 aromatic carbocycles. The molecule has 2 aromatic rings. The molecule has 0 aliphatic heterocycles. The monoisotopic (exact) mass is 358 g/mol. The summed E-state index contributed by atoms with van der Waals surface area (Å²) >= 11 is 0. The Morgan fingerprint density at radius 1 is 1.27 bits per heavy atom. The fourth-order valence-corrected chi connectivity index (χ4v) is 1.98. The average Bonchev–Trinajstić information content (AvgIpc) is 2.64. The van der Waals surface area contributed by atoms with Gasteiger partial charge in [-0.3, -0.25) is 5.32 Å². The van der Waals surface area contributed by atoms with E-state index in [0.717, 1.165) is 0 Å². The minimum atomic E-state index is -0.618. The standard InChI is InChI=1S/C17H22N6O3/c1-3-26-17(24)20-13-11-14(23-22-12-7-5-4-6-8-12)16(21-15(13)18)19-9-10-25-2/h4-8,11H,3,9-10H2,1-2H3,(H,20,24)(H3,18,19,21). The first-order chi connectivity index (χ1) is 12.6. The van der Waals surface area contributed by atoms with Gasteiger partial charge in [-0.25, -0.2) is 9.78 Å². The van der Waals surface area contributed by atoms with Crippen LogP contribution in [0.5, 0.6) is 0 Å². The number of pyridine rings is 1. The molecule has 1 amide bonds. The van der Waals surface area contributed by atoms with E-state index in [9.17, 15) is 4.79 Å². The van der Waals surface area contributed by atoms with Gasteiger partial charge in [0.15, 0.2) is 5.82 Å². The number of nitrogens with zero attached hydrogens (tertiary/aromatic N) is 3. The highest BCUT2D eigenvalue weighted by molar-refractivity contribution is 5.90. The molecular formula is C17H22N6O3. The molecule has 4 N–H and O–H groups in total. The quantitative estimate of drug-likeness (QED) is 0.488. The molecule has 26 heavy (non-hydrogen) atoms. The zero-order chi connectivity index (χ0) is 18.8. The molecule has 0 unspecified atom stereocenters. The average molecular weight is 358 g/mol. The number of anilines is 3. The minimum absolute atomic E-state index is 0.136. The van der Waals surface area contributed by atoms with Crippen molar-refractivity contribution >= 4 is 34.8 Å². The molecule has 2 rings (SSSR count). The molecule has 0 saturated heterocycles. The first-order valence-electron chi connectivity index (χ1n) is 8.08. The molecule has 0 saturated carbocycles. The van der Waals surface area contributed by atoms with E-state index in [2.05, 4.69) is 25.8 Å². The molecule has 0 radical (unpaired) electrons. The van der Waals surface area contributed by atoms with Gasteiger partial charge in [0.25, 0.3) is 0 Å². The first-order valence-corrected chi connectivity index (χ1v) is 8.08. The molecule has 0 aliphatic carbocycles. The van der Waals surface area contributed by atoms with Gasteiger partial charge in [-0.05, 0) is 25.1 Å². The van der Waals surface area contributed by atoms with Gasteiger partial charge in [0.05, 0.1) is 24.6 Å². The van der Waals surface area contributed by atoms with Crippen molar-refractivity contribution in [3.05, 3.63) is 36.4 Å². The highest BCUT2D eigenvalue weighted by Gasteiger charge is 2.12. The van der Waals surface area contributed by atoms with E-state index in [4.69, 9.17) is 15.2 Å². The Hall–Kier alpha value is -3.20. The van der Waals surface area contributed by atoms with Crippen LogP contribution in [-0.4, -0.2) is 37.9 Å². The van der Waals surface area contributed by atoms with Crippen LogP contribution in [0.25, 0.3) is 0 Å². The second-order valence-corrected chi connectivity index (χ2v) is 5.09. The number of ether oxygens (including phenoxy) is 2. The van der Waals surface area contributed by atoms with Crippen LogP contribution in [0.4, 0.5) is 33.5 Å². The summed E-state index contributed by atoms with van der Waals surface area (Å²) in [5.41, 5.74) is 7.32. The first kappa shape index (κ1) is 19.1. The summed E-state index contributed by atoms with van der Waals surface area (Å²) in [6, 6.07) is 10.8. The molecule has 0 spiro atoms. The number of methoxy groups -OCH3 is 1. The van der Waals surface area contributed by atoms with Crippen molar-refractivity contribution in [3.63, 3.8) is 0 Å². The lowest BCUT2D eigenvalue weighted by Crippen LogP contribution is -2.16. The van der Waals surface area contributed by atoms with Crippen LogP contribution >= 0.6 is 0 Å². The van der Waals surface area contributed by atoms with Crippen LogP contribution in [0.15, 0.2) is 46.6 Å². The van der Waals surface area contributed by atoms with E-state index in [1.54, 1.807) is 20.1 Å². The Morgan fingerprint density at radius 2 is 2.04 bits per heavy atom. The van der Waals surface area contributed by atoms with Gasteiger partial charge in [0, 0.05) is 13.7 Å². The molecule has 1 aromatic heterocycles. The molecule has 1 heterocycles. The van der Waals surface area contributed by atoms with Crippen LogP contribution < -0.4 is 16.4 Å². The Kier molecular flexibility index (Phi) is 7.31. The topological polar surface area (TPSA) is 123 Å². The zero-order valence-electron chi connectivity index (χ0n) is 14.7. The number of carbonyl (C=O) groups excluding carboxylic acids is 1. The molecular weight excluding hydrogens is 336 g/mol. The molecule has 0 aliphatic rings. The molecule has 0 atom stereocenters. The van der Waals surface area contributed by atoms with Crippen molar-refractivity contribution in [2.45, 2.75) is 6.92 Å². The second-order valence-electron chi connectivity index (χ2n) is 5.09. The van der Waals surface area contributed by atoms with Gasteiger partial charge in [0.2, 0.25) is 0 Å². The molecule has 0 bridgehead atoms. The predicted molar refractivity (Wildman–Crippen MR) is 100 cm³/mol. The molecule has 9 nitrogen and oxygen atoms in total. The van der Waals surface area contributed by atoms with E-state index in [1.165, 1.54) is 0 Å². The summed E-state index contributed by atoms with van der Waals surface area (Å²) in [6.07, 6.45) is -0.618. The number of rotatable bonds is 8. The molecule has 0 fully saturated rings. The van der Waals surface area contributed by atoms with Crippen molar-refractivity contribution in [1.82, 2.24) is 4.98 Å². The number of amides is 1. The zero-order valence-corrected chi connectivity index (χ0v) is 14.7. The summed E-state index contributed by atoms with van der Waals surface area (Å²) in [4.78, 5) is 15.9. The van der Waals surface area contributed by atoms with Gasteiger partial charge >= 0.3 is 6.09 Å². The maximum absolute atomic E-state index is 11.6. The smallest absolute Gasteiger partial charge is 0.411 e. The summed E-state index contributed by atoms with van der Waals surface area (Å²) in [7, 11) is 1.60. The Bertz CT molecular complexity index is 752. The van der Waals surface area contributed by atoms with Crippen molar-refractivity contribution in [3.8, 4) is 0 Å². The van der Waals surface area contributed by atoms with Gasteiger partial charge in [0.1, 0.15) is 11.5 Å². The SMILES string of the molecule is CCOC(=O)Nc1cc(N=Nc2ccccc2)c(NCCOC)nc1N. The van der Waals surface area contributed by atoms with Crippen molar-refractivity contribution < 1.29 is 14.3 Å². The van der Waals surface area contributed by atoms with Gasteiger partial charge < -0.3 is 20.5 Å². The van der Waals surface area contributed by atoms with E-state index in [0.29, 0.717) is 36.0 Å². The van der Waals surface area contributed by atoms with E-state index in [-0.39, 0.29) is 12.4 Å². The third-order valence-corrected chi connectivity index (χ3v) is 3.17. The number of nitrogen functional groups attached to an aromatic ring is 1.